The Morgan fingerprint density at radius 3 is 2.76 bits per heavy atom. The molecule has 116 valence electrons. The highest BCUT2D eigenvalue weighted by molar-refractivity contribution is 5.90. The Hall–Kier alpha value is -2.12. The van der Waals surface area contributed by atoms with Crippen molar-refractivity contribution < 1.29 is 14.3 Å². The fourth-order valence-corrected chi connectivity index (χ4v) is 2.24. The Labute approximate surface area is 123 Å². The van der Waals surface area contributed by atoms with Crippen LogP contribution in [0.25, 0.3) is 0 Å². The van der Waals surface area contributed by atoms with E-state index in [-0.39, 0.29) is 17.7 Å². The van der Waals surface area contributed by atoms with Gasteiger partial charge >= 0.3 is 6.09 Å². The zero-order chi connectivity index (χ0) is 15.6. The second kappa shape index (κ2) is 5.71. The molecule has 0 aliphatic carbocycles. The first-order valence-electron chi connectivity index (χ1n) is 6.92. The summed E-state index contributed by atoms with van der Waals surface area (Å²) in [6.07, 6.45) is 2.10. The average Bonchev–Trinajstić information content (AvgIpc) is 2.96. The molecule has 2 amide bonds. The van der Waals surface area contributed by atoms with E-state index in [4.69, 9.17) is 10.5 Å². The summed E-state index contributed by atoms with van der Waals surface area (Å²) in [4.78, 5) is 24.6. The van der Waals surface area contributed by atoms with Gasteiger partial charge in [0.25, 0.3) is 5.91 Å². The van der Waals surface area contributed by atoms with Crippen LogP contribution in [0.15, 0.2) is 6.20 Å². The van der Waals surface area contributed by atoms with Crippen LogP contribution >= 0.6 is 0 Å². The van der Waals surface area contributed by atoms with Gasteiger partial charge in [-0.2, -0.15) is 0 Å². The van der Waals surface area contributed by atoms with E-state index in [2.05, 4.69) is 10.3 Å². The molecule has 1 aromatic rings. The summed E-state index contributed by atoms with van der Waals surface area (Å²) >= 11 is 0. The SMILES string of the molecule is CC(C)(C)OC(=O)N1CC[C@H](Cn2cc(C(N)=O)nn2)C1. The van der Waals surface area contributed by atoms with Gasteiger partial charge in [-0.15, -0.1) is 5.10 Å². The van der Waals surface area contributed by atoms with E-state index in [1.54, 1.807) is 9.58 Å². The van der Waals surface area contributed by atoms with E-state index in [0.29, 0.717) is 19.6 Å². The molecule has 2 heterocycles. The van der Waals surface area contributed by atoms with Crippen LogP contribution in [0.5, 0.6) is 0 Å². The standard InChI is InChI=1S/C13H21N5O3/c1-13(2,3)21-12(20)17-5-4-9(6-17)7-18-8-10(11(14)19)15-16-18/h8-9H,4-7H2,1-3H3,(H2,14,19)/t9-/m0/s1. The minimum Gasteiger partial charge on any atom is -0.444 e. The molecule has 1 aliphatic heterocycles. The van der Waals surface area contributed by atoms with E-state index < -0.39 is 11.5 Å². The average molecular weight is 295 g/mol. The van der Waals surface area contributed by atoms with Gasteiger partial charge in [-0.3, -0.25) is 9.48 Å². The molecule has 2 rings (SSSR count). The molecule has 8 nitrogen and oxygen atoms in total. The second-order valence-electron chi connectivity index (χ2n) is 6.27. The molecule has 1 aliphatic rings. The summed E-state index contributed by atoms with van der Waals surface area (Å²) in [5, 5.41) is 7.55. The molecule has 0 saturated carbocycles. The lowest BCUT2D eigenvalue weighted by atomic mass is 10.1. The summed E-state index contributed by atoms with van der Waals surface area (Å²) in [7, 11) is 0. The normalized spacial score (nSPS) is 18.8. The maximum absolute atomic E-state index is 12.0. The minimum atomic E-state index is -0.594. The van der Waals surface area contributed by atoms with Gasteiger partial charge in [-0.05, 0) is 33.1 Å². The van der Waals surface area contributed by atoms with Gasteiger partial charge in [-0.25, -0.2) is 4.79 Å². The number of aromatic nitrogens is 3. The Kier molecular flexibility index (Phi) is 4.15. The fraction of sp³-hybridized carbons (Fsp3) is 0.692. The first-order valence-corrected chi connectivity index (χ1v) is 6.92. The zero-order valence-electron chi connectivity index (χ0n) is 12.6. The van der Waals surface area contributed by atoms with E-state index in [0.717, 1.165) is 6.42 Å². The van der Waals surface area contributed by atoms with Crippen LogP contribution in [0.1, 0.15) is 37.7 Å². The third-order valence-electron chi connectivity index (χ3n) is 3.17. The fourth-order valence-electron chi connectivity index (χ4n) is 2.24. The number of primary amides is 1. The maximum atomic E-state index is 12.0. The second-order valence-corrected chi connectivity index (χ2v) is 6.27. The number of hydrogen-bond acceptors (Lipinski definition) is 5. The van der Waals surface area contributed by atoms with E-state index in [1.807, 2.05) is 20.8 Å². The summed E-state index contributed by atoms with van der Waals surface area (Å²) in [5.41, 5.74) is 4.79. The molecule has 1 aromatic heterocycles. The summed E-state index contributed by atoms with van der Waals surface area (Å²) in [5.74, 6) is -0.331. The molecule has 1 fully saturated rings. The summed E-state index contributed by atoms with van der Waals surface area (Å²) in [6.45, 7) is 7.41. The van der Waals surface area contributed by atoms with Gasteiger partial charge in [0.05, 0.1) is 6.20 Å². The van der Waals surface area contributed by atoms with E-state index in [1.165, 1.54) is 6.20 Å². The first-order chi connectivity index (χ1) is 9.74. The molecule has 0 spiro atoms. The Bertz CT molecular complexity index is 534. The topological polar surface area (TPSA) is 103 Å². The van der Waals surface area contributed by atoms with Crippen LogP contribution in [0.4, 0.5) is 4.79 Å². The molecule has 0 radical (unpaired) electrons. The molecule has 0 aromatic carbocycles. The lowest BCUT2D eigenvalue weighted by Crippen LogP contribution is -2.35. The largest absolute Gasteiger partial charge is 0.444 e. The maximum Gasteiger partial charge on any atom is 0.410 e. The van der Waals surface area contributed by atoms with Crippen molar-refractivity contribution in [2.24, 2.45) is 11.7 Å². The van der Waals surface area contributed by atoms with Crippen LogP contribution < -0.4 is 5.73 Å². The number of nitrogens with zero attached hydrogens (tertiary/aromatic N) is 4. The molecule has 2 N–H and O–H groups in total. The molecule has 0 unspecified atom stereocenters. The number of rotatable bonds is 3. The quantitative estimate of drug-likeness (QED) is 0.881. The number of carbonyl (C=O) groups excluding carboxylic acids is 2. The zero-order valence-corrected chi connectivity index (χ0v) is 12.6. The van der Waals surface area contributed by atoms with Gasteiger partial charge in [-0.1, -0.05) is 5.21 Å². The van der Waals surface area contributed by atoms with Crippen molar-refractivity contribution in [3.05, 3.63) is 11.9 Å². The van der Waals surface area contributed by atoms with Crippen LogP contribution in [0.2, 0.25) is 0 Å². The molecular weight excluding hydrogens is 274 g/mol. The third kappa shape index (κ3) is 4.17. The molecule has 0 bridgehead atoms. The molecule has 21 heavy (non-hydrogen) atoms. The molecule has 8 heteroatoms. The van der Waals surface area contributed by atoms with Gasteiger partial charge in [0.15, 0.2) is 5.69 Å². The van der Waals surface area contributed by atoms with Crippen molar-refractivity contribution >= 4 is 12.0 Å². The lowest BCUT2D eigenvalue weighted by molar-refractivity contribution is 0.0286. The number of likely N-dealkylation sites (tertiary alicyclic amines) is 1. The van der Waals surface area contributed by atoms with Crippen LogP contribution in [0.3, 0.4) is 0 Å². The van der Waals surface area contributed by atoms with Crippen molar-refractivity contribution in [2.75, 3.05) is 13.1 Å². The number of amides is 2. The van der Waals surface area contributed by atoms with Gasteiger partial charge in [0, 0.05) is 19.6 Å². The Morgan fingerprint density at radius 1 is 1.48 bits per heavy atom. The van der Waals surface area contributed by atoms with Crippen molar-refractivity contribution in [1.82, 2.24) is 19.9 Å². The predicted octanol–water partition coefficient (Wildman–Crippen LogP) is 0.634. The van der Waals surface area contributed by atoms with Crippen molar-refractivity contribution in [3.8, 4) is 0 Å². The number of hydrogen-bond donors (Lipinski definition) is 1. The van der Waals surface area contributed by atoms with Gasteiger partial charge in [0.2, 0.25) is 0 Å². The van der Waals surface area contributed by atoms with Gasteiger partial charge < -0.3 is 15.4 Å². The van der Waals surface area contributed by atoms with Crippen LogP contribution in [-0.2, 0) is 11.3 Å². The lowest BCUT2D eigenvalue weighted by Gasteiger charge is -2.24. The summed E-state index contributed by atoms with van der Waals surface area (Å²) in [6, 6.07) is 0. The van der Waals surface area contributed by atoms with Gasteiger partial charge in [0.1, 0.15) is 5.60 Å². The summed E-state index contributed by atoms with van der Waals surface area (Å²) < 4.78 is 6.93. The highest BCUT2D eigenvalue weighted by Crippen LogP contribution is 2.20. The van der Waals surface area contributed by atoms with Crippen molar-refractivity contribution in [2.45, 2.75) is 39.3 Å². The molecule has 1 saturated heterocycles. The highest BCUT2D eigenvalue weighted by atomic mass is 16.6. The monoisotopic (exact) mass is 295 g/mol. The Balaban J connectivity index is 1.87. The first kappa shape index (κ1) is 15.3. The minimum absolute atomic E-state index is 0.150. The van der Waals surface area contributed by atoms with E-state index in [9.17, 15) is 9.59 Å². The van der Waals surface area contributed by atoms with Crippen LogP contribution in [-0.4, -0.2) is 50.6 Å². The smallest absolute Gasteiger partial charge is 0.410 e. The van der Waals surface area contributed by atoms with Crippen molar-refractivity contribution in [3.63, 3.8) is 0 Å². The predicted molar refractivity (Wildman–Crippen MR) is 74.5 cm³/mol. The number of ether oxygens (including phenoxy) is 1. The highest BCUT2D eigenvalue weighted by Gasteiger charge is 2.30. The number of nitrogens with two attached hydrogens (primary N) is 1. The molecular formula is C13H21N5O3. The number of carbonyl (C=O) groups is 2. The van der Waals surface area contributed by atoms with Crippen molar-refractivity contribution in [1.29, 1.82) is 0 Å². The van der Waals surface area contributed by atoms with Crippen LogP contribution in [0, 0.1) is 5.92 Å². The molecule has 1 atom stereocenters. The third-order valence-corrected chi connectivity index (χ3v) is 3.17. The Morgan fingerprint density at radius 2 is 2.19 bits per heavy atom. The van der Waals surface area contributed by atoms with E-state index >= 15 is 0 Å².